The summed E-state index contributed by atoms with van der Waals surface area (Å²) in [6.07, 6.45) is 2.77. The van der Waals surface area contributed by atoms with E-state index < -0.39 is 5.54 Å². The minimum absolute atomic E-state index is 0.268. The lowest BCUT2D eigenvalue weighted by molar-refractivity contribution is 0.234. The Morgan fingerprint density at radius 3 is 2.64 bits per heavy atom. The summed E-state index contributed by atoms with van der Waals surface area (Å²) in [7, 11) is 0. The standard InChI is InChI=1S/C9H12N4O/c1-9(2,11)6-14-8-5-12-7(3-10)4-13-8/h4-5H,6,11H2,1-2H3. The van der Waals surface area contributed by atoms with Crippen LogP contribution in [0.2, 0.25) is 0 Å². The largest absolute Gasteiger partial charge is 0.475 e. The molecule has 0 spiro atoms. The van der Waals surface area contributed by atoms with E-state index in [-0.39, 0.29) is 5.69 Å². The zero-order valence-corrected chi connectivity index (χ0v) is 8.19. The fourth-order valence-electron chi connectivity index (χ4n) is 0.708. The van der Waals surface area contributed by atoms with Crippen molar-refractivity contribution in [3.63, 3.8) is 0 Å². The van der Waals surface area contributed by atoms with Gasteiger partial charge in [-0.15, -0.1) is 0 Å². The molecule has 0 aliphatic carbocycles. The third kappa shape index (κ3) is 3.37. The van der Waals surface area contributed by atoms with E-state index in [1.165, 1.54) is 12.4 Å². The van der Waals surface area contributed by atoms with Gasteiger partial charge in [0.25, 0.3) is 0 Å². The molecule has 0 fully saturated rings. The van der Waals surface area contributed by atoms with Gasteiger partial charge in [0.05, 0.1) is 12.4 Å². The van der Waals surface area contributed by atoms with Crippen molar-refractivity contribution >= 4 is 0 Å². The second-order valence-electron chi connectivity index (χ2n) is 3.63. The van der Waals surface area contributed by atoms with Crippen LogP contribution in [0.1, 0.15) is 19.5 Å². The van der Waals surface area contributed by atoms with Crippen molar-refractivity contribution in [2.45, 2.75) is 19.4 Å². The zero-order chi connectivity index (χ0) is 10.6. The number of hydrogen-bond acceptors (Lipinski definition) is 5. The highest BCUT2D eigenvalue weighted by atomic mass is 16.5. The molecule has 0 radical (unpaired) electrons. The minimum Gasteiger partial charge on any atom is -0.475 e. The highest BCUT2D eigenvalue weighted by molar-refractivity contribution is 5.18. The monoisotopic (exact) mass is 192 g/mol. The SMILES string of the molecule is CC(C)(N)COc1cnc(C#N)cn1. The molecule has 0 unspecified atom stereocenters. The number of aromatic nitrogens is 2. The molecular formula is C9H12N4O. The van der Waals surface area contributed by atoms with Crippen molar-refractivity contribution in [1.29, 1.82) is 5.26 Å². The van der Waals surface area contributed by atoms with Crippen LogP contribution in [0.3, 0.4) is 0 Å². The second-order valence-corrected chi connectivity index (χ2v) is 3.63. The Balaban J connectivity index is 2.58. The van der Waals surface area contributed by atoms with Gasteiger partial charge in [-0.25, -0.2) is 9.97 Å². The highest BCUT2D eigenvalue weighted by Gasteiger charge is 2.11. The molecule has 0 amide bonds. The molecule has 0 aliphatic heterocycles. The molecule has 0 aromatic carbocycles. The fraction of sp³-hybridized carbons (Fsp3) is 0.444. The predicted molar refractivity (Wildman–Crippen MR) is 50.5 cm³/mol. The van der Waals surface area contributed by atoms with Gasteiger partial charge in [0, 0.05) is 5.54 Å². The molecule has 1 rings (SSSR count). The maximum Gasteiger partial charge on any atom is 0.232 e. The maximum absolute atomic E-state index is 8.47. The summed E-state index contributed by atoms with van der Waals surface area (Å²) < 4.78 is 5.26. The van der Waals surface area contributed by atoms with Gasteiger partial charge in [0.1, 0.15) is 12.7 Å². The topological polar surface area (TPSA) is 84.8 Å². The number of nitrogens with zero attached hydrogens (tertiary/aromatic N) is 3. The van der Waals surface area contributed by atoms with E-state index in [0.717, 1.165) is 0 Å². The summed E-state index contributed by atoms with van der Waals surface area (Å²) in [5.74, 6) is 0.377. The average Bonchev–Trinajstić information content (AvgIpc) is 2.14. The van der Waals surface area contributed by atoms with Gasteiger partial charge in [-0.1, -0.05) is 0 Å². The lowest BCUT2D eigenvalue weighted by atomic mass is 10.1. The third-order valence-electron chi connectivity index (χ3n) is 1.33. The van der Waals surface area contributed by atoms with Crippen LogP contribution in [-0.4, -0.2) is 22.1 Å². The first kappa shape index (κ1) is 10.4. The van der Waals surface area contributed by atoms with Gasteiger partial charge in [-0.05, 0) is 13.8 Å². The molecule has 1 heterocycles. The summed E-state index contributed by atoms with van der Waals surface area (Å²) in [5, 5.41) is 8.47. The molecule has 5 nitrogen and oxygen atoms in total. The molecule has 0 saturated heterocycles. The number of nitrogens with two attached hydrogens (primary N) is 1. The maximum atomic E-state index is 8.47. The van der Waals surface area contributed by atoms with Gasteiger partial charge < -0.3 is 10.5 Å². The zero-order valence-electron chi connectivity index (χ0n) is 8.19. The molecule has 74 valence electrons. The molecular weight excluding hydrogens is 180 g/mol. The highest BCUT2D eigenvalue weighted by Crippen LogP contribution is 2.06. The van der Waals surface area contributed by atoms with Crippen molar-refractivity contribution in [3.05, 3.63) is 18.1 Å². The van der Waals surface area contributed by atoms with E-state index in [9.17, 15) is 0 Å². The van der Waals surface area contributed by atoms with Crippen molar-refractivity contribution < 1.29 is 4.74 Å². The molecule has 0 bridgehead atoms. The summed E-state index contributed by atoms with van der Waals surface area (Å²) in [6, 6.07) is 1.87. The average molecular weight is 192 g/mol. The fourth-order valence-corrected chi connectivity index (χ4v) is 0.708. The Morgan fingerprint density at radius 2 is 2.21 bits per heavy atom. The second kappa shape index (κ2) is 4.03. The van der Waals surface area contributed by atoms with Gasteiger partial charge in [0.2, 0.25) is 5.88 Å². The van der Waals surface area contributed by atoms with E-state index in [0.29, 0.717) is 12.5 Å². The van der Waals surface area contributed by atoms with Crippen molar-refractivity contribution in [2.75, 3.05) is 6.61 Å². The van der Waals surface area contributed by atoms with Crippen LogP contribution >= 0.6 is 0 Å². The van der Waals surface area contributed by atoms with Crippen LogP contribution in [0.4, 0.5) is 0 Å². The lowest BCUT2D eigenvalue weighted by Crippen LogP contribution is -2.38. The van der Waals surface area contributed by atoms with Crippen LogP contribution < -0.4 is 10.5 Å². The summed E-state index contributed by atoms with van der Waals surface area (Å²) in [5.41, 5.74) is 5.57. The molecule has 14 heavy (non-hydrogen) atoms. The molecule has 5 heteroatoms. The lowest BCUT2D eigenvalue weighted by Gasteiger charge is -2.17. The number of ether oxygens (including phenoxy) is 1. The number of rotatable bonds is 3. The summed E-state index contributed by atoms with van der Waals surface area (Å²) in [6.45, 7) is 4.06. The number of hydrogen-bond donors (Lipinski definition) is 1. The normalized spacial score (nSPS) is 10.7. The van der Waals surface area contributed by atoms with Crippen molar-refractivity contribution in [1.82, 2.24) is 9.97 Å². The predicted octanol–water partition coefficient (Wildman–Crippen LogP) is 0.464. The Hall–Kier alpha value is -1.67. The summed E-state index contributed by atoms with van der Waals surface area (Å²) >= 11 is 0. The molecule has 1 aromatic heterocycles. The van der Waals surface area contributed by atoms with Crippen LogP contribution in [0.25, 0.3) is 0 Å². The first-order valence-electron chi connectivity index (χ1n) is 4.15. The van der Waals surface area contributed by atoms with Gasteiger partial charge in [0.15, 0.2) is 5.69 Å². The van der Waals surface area contributed by atoms with Gasteiger partial charge in [-0.3, -0.25) is 0 Å². The van der Waals surface area contributed by atoms with E-state index >= 15 is 0 Å². The first-order chi connectivity index (χ1) is 6.51. The number of nitriles is 1. The van der Waals surface area contributed by atoms with Gasteiger partial charge >= 0.3 is 0 Å². The van der Waals surface area contributed by atoms with E-state index in [4.69, 9.17) is 15.7 Å². The third-order valence-corrected chi connectivity index (χ3v) is 1.33. The van der Waals surface area contributed by atoms with Crippen LogP contribution in [0.5, 0.6) is 5.88 Å². The Labute approximate surface area is 82.5 Å². The summed E-state index contributed by atoms with van der Waals surface area (Å²) in [4.78, 5) is 7.70. The quantitative estimate of drug-likeness (QED) is 0.752. The smallest absolute Gasteiger partial charge is 0.232 e. The molecule has 1 aromatic rings. The minimum atomic E-state index is -0.407. The van der Waals surface area contributed by atoms with Crippen molar-refractivity contribution in [2.24, 2.45) is 5.73 Å². The van der Waals surface area contributed by atoms with Crippen LogP contribution in [0, 0.1) is 11.3 Å². The van der Waals surface area contributed by atoms with E-state index in [2.05, 4.69) is 9.97 Å². The van der Waals surface area contributed by atoms with E-state index in [1.807, 2.05) is 19.9 Å². The molecule has 0 saturated carbocycles. The van der Waals surface area contributed by atoms with Crippen molar-refractivity contribution in [3.8, 4) is 11.9 Å². The van der Waals surface area contributed by atoms with Gasteiger partial charge in [-0.2, -0.15) is 5.26 Å². The van der Waals surface area contributed by atoms with Crippen LogP contribution in [0.15, 0.2) is 12.4 Å². The Kier molecular flexibility index (Phi) is 2.99. The Morgan fingerprint density at radius 1 is 1.50 bits per heavy atom. The molecule has 2 N–H and O–H groups in total. The Bertz CT molecular complexity index is 333. The first-order valence-corrected chi connectivity index (χ1v) is 4.15. The van der Waals surface area contributed by atoms with Crippen LogP contribution in [-0.2, 0) is 0 Å². The molecule has 0 atom stereocenters. The molecule has 0 aliphatic rings. The van der Waals surface area contributed by atoms with E-state index in [1.54, 1.807) is 0 Å².